The molecule has 0 aromatic carbocycles. The topological polar surface area (TPSA) is 20.2 Å². The molecule has 17 heavy (non-hydrogen) atoms. The molecule has 0 aliphatic rings. The lowest BCUT2D eigenvalue weighted by Gasteiger charge is -2.02. The summed E-state index contributed by atoms with van der Waals surface area (Å²) in [7, 11) is -1.33. The fraction of sp³-hybridized carbons (Fsp3) is 1.00. The summed E-state index contributed by atoms with van der Waals surface area (Å²) in [5.41, 5.74) is 0. The number of aliphatic hydroxyl groups excluding tert-OH is 1. The summed E-state index contributed by atoms with van der Waals surface area (Å²) in [5.74, 6) is 0. The van der Waals surface area contributed by atoms with E-state index in [2.05, 4.69) is 0 Å². The summed E-state index contributed by atoms with van der Waals surface area (Å²) in [6.07, 6.45) is 14.2. The third kappa shape index (κ3) is 16.8. The Labute approximate surface area is 118 Å². The number of hydrogen-bond donors (Lipinski definition) is 1. The van der Waals surface area contributed by atoms with Gasteiger partial charge >= 0.3 is 0 Å². The van der Waals surface area contributed by atoms with Crippen molar-refractivity contribution in [2.45, 2.75) is 76.7 Å². The Balaban J connectivity index is 2.89. The molecule has 0 unspecified atom stereocenters. The zero-order valence-corrected chi connectivity index (χ0v) is 13.6. The highest BCUT2D eigenvalue weighted by atomic mass is 35.7. The molecule has 0 amide bonds. The third-order valence-electron chi connectivity index (χ3n) is 3.08. The molecule has 0 atom stereocenters. The first-order chi connectivity index (χ1) is 8.27. The number of hydrogen-bond acceptors (Lipinski definition) is 1. The van der Waals surface area contributed by atoms with Gasteiger partial charge in [-0.25, -0.2) is 0 Å². The highest BCUT2D eigenvalue weighted by Gasteiger charge is 2.00. The average molecular weight is 299 g/mol. The van der Waals surface area contributed by atoms with Gasteiger partial charge in [-0.3, -0.25) is 0 Å². The Morgan fingerprint density at radius 1 is 0.588 bits per heavy atom. The summed E-state index contributed by atoms with van der Waals surface area (Å²) in [5, 5.41) is 8.63. The quantitative estimate of drug-likeness (QED) is 0.289. The van der Waals surface area contributed by atoms with Crippen molar-refractivity contribution >= 4 is 29.6 Å². The van der Waals surface area contributed by atoms with Crippen LogP contribution in [-0.4, -0.2) is 19.1 Å². The van der Waals surface area contributed by atoms with Gasteiger partial charge in [-0.05, 0) is 12.5 Å². The minimum Gasteiger partial charge on any atom is -0.396 e. The normalized spacial score (nSPS) is 11.3. The Morgan fingerprint density at radius 3 is 1.29 bits per heavy atom. The van der Waals surface area contributed by atoms with Gasteiger partial charge in [0.15, 0.2) is 0 Å². The molecule has 0 spiro atoms. The van der Waals surface area contributed by atoms with Gasteiger partial charge in [0.2, 0.25) is 7.42 Å². The summed E-state index contributed by atoms with van der Waals surface area (Å²) in [6, 6.07) is 1.08. The van der Waals surface area contributed by atoms with Gasteiger partial charge < -0.3 is 5.11 Å². The number of rotatable bonds is 13. The van der Waals surface area contributed by atoms with Crippen molar-refractivity contribution in [1.29, 1.82) is 0 Å². The molecule has 0 fully saturated rings. The maximum Gasteiger partial charge on any atom is 0.237 e. The van der Waals surface area contributed by atoms with E-state index in [-0.39, 0.29) is 0 Å². The van der Waals surface area contributed by atoms with Crippen LogP contribution in [-0.2, 0) is 0 Å². The molecule has 0 rings (SSSR count). The highest BCUT2D eigenvalue weighted by Crippen LogP contribution is 2.14. The maximum absolute atomic E-state index is 8.63. The number of halogens is 2. The first-order valence-electron chi connectivity index (χ1n) is 7.16. The summed E-state index contributed by atoms with van der Waals surface area (Å²) < 4.78 is 0. The summed E-state index contributed by atoms with van der Waals surface area (Å²) >= 11 is 11.6. The van der Waals surface area contributed by atoms with Gasteiger partial charge in [0.05, 0.1) is 0 Å². The Kier molecular flexibility index (Phi) is 15.5. The van der Waals surface area contributed by atoms with E-state index in [9.17, 15) is 0 Å². The smallest absolute Gasteiger partial charge is 0.237 e. The fourth-order valence-corrected chi connectivity index (χ4v) is 3.52. The molecule has 0 aromatic heterocycles. The molecule has 0 saturated carbocycles. The van der Waals surface area contributed by atoms with E-state index < -0.39 is 7.42 Å². The monoisotopic (exact) mass is 298 g/mol. The van der Waals surface area contributed by atoms with Crippen LogP contribution in [0.1, 0.15) is 70.6 Å². The van der Waals surface area contributed by atoms with Crippen molar-refractivity contribution in [3.8, 4) is 0 Å². The molecule has 0 heterocycles. The van der Waals surface area contributed by atoms with Crippen LogP contribution in [0, 0.1) is 0 Å². The van der Waals surface area contributed by atoms with Crippen molar-refractivity contribution in [1.82, 2.24) is 0 Å². The summed E-state index contributed by atoms with van der Waals surface area (Å²) in [6.45, 7) is 0.355. The van der Waals surface area contributed by atoms with Crippen molar-refractivity contribution < 1.29 is 5.11 Å². The zero-order chi connectivity index (χ0) is 12.8. The van der Waals surface area contributed by atoms with Crippen LogP contribution in [0.4, 0.5) is 0 Å². The van der Waals surface area contributed by atoms with Gasteiger partial charge in [-0.2, -0.15) is 22.2 Å². The first kappa shape index (κ1) is 17.8. The predicted molar refractivity (Wildman–Crippen MR) is 81.5 cm³/mol. The molecule has 0 saturated heterocycles. The number of unbranched alkanes of at least 4 members (excludes halogenated alkanes) is 10. The minimum atomic E-state index is -1.33. The van der Waals surface area contributed by atoms with E-state index in [1.165, 1.54) is 64.2 Å². The van der Waals surface area contributed by atoms with Crippen LogP contribution in [0.15, 0.2) is 0 Å². The van der Waals surface area contributed by atoms with Gasteiger partial charge in [0.1, 0.15) is 0 Å². The van der Waals surface area contributed by atoms with Gasteiger partial charge in [0.25, 0.3) is 0 Å². The van der Waals surface area contributed by atoms with E-state index in [0.717, 1.165) is 12.5 Å². The first-order valence-corrected chi connectivity index (χ1v) is 11.5. The molecule has 1 nitrogen and oxygen atoms in total. The lowest BCUT2D eigenvalue weighted by Crippen LogP contribution is -1.91. The largest absolute Gasteiger partial charge is 0.396 e. The highest BCUT2D eigenvalue weighted by molar-refractivity contribution is 7.33. The Bertz CT molecular complexity index is 145. The van der Waals surface area contributed by atoms with E-state index >= 15 is 0 Å². The second kappa shape index (κ2) is 14.8. The van der Waals surface area contributed by atoms with E-state index in [1.807, 2.05) is 0 Å². The van der Waals surface area contributed by atoms with Gasteiger partial charge in [-0.15, -0.1) is 0 Å². The molecule has 0 bridgehead atoms. The molecule has 0 aromatic rings. The lowest BCUT2D eigenvalue weighted by molar-refractivity contribution is 0.282. The van der Waals surface area contributed by atoms with Crippen LogP contribution in [0.2, 0.25) is 6.04 Å². The van der Waals surface area contributed by atoms with E-state index in [0.29, 0.717) is 6.61 Å². The molecule has 4 heteroatoms. The van der Waals surface area contributed by atoms with Gasteiger partial charge in [0, 0.05) is 6.61 Å². The Hall–Kier alpha value is 0.757. The number of aliphatic hydroxyl groups is 1. The van der Waals surface area contributed by atoms with E-state index in [4.69, 9.17) is 27.3 Å². The van der Waals surface area contributed by atoms with Crippen molar-refractivity contribution in [3.63, 3.8) is 0 Å². The predicted octanol–water partition coefficient (Wildman–Crippen LogP) is 4.97. The molecule has 104 valence electrons. The van der Waals surface area contributed by atoms with Crippen molar-refractivity contribution in [2.24, 2.45) is 0 Å². The SMILES string of the molecule is OCCCCCCCCCCCCC[SiH](Cl)Cl. The lowest BCUT2D eigenvalue weighted by atomic mass is 10.1. The van der Waals surface area contributed by atoms with Crippen molar-refractivity contribution in [2.75, 3.05) is 6.61 Å². The van der Waals surface area contributed by atoms with Crippen molar-refractivity contribution in [3.05, 3.63) is 0 Å². The van der Waals surface area contributed by atoms with Crippen LogP contribution in [0.5, 0.6) is 0 Å². The second-order valence-electron chi connectivity index (χ2n) is 4.79. The molecule has 1 N–H and O–H groups in total. The van der Waals surface area contributed by atoms with E-state index in [1.54, 1.807) is 0 Å². The van der Waals surface area contributed by atoms with Crippen LogP contribution in [0.25, 0.3) is 0 Å². The second-order valence-corrected chi connectivity index (χ2v) is 9.98. The standard InChI is InChI=1S/C13H28Cl2OSi/c14-17(15)13-11-9-7-5-3-1-2-4-6-8-10-12-16/h16-17H,1-13H2. The average Bonchev–Trinajstić information content (AvgIpc) is 2.30. The third-order valence-corrected chi connectivity index (χ3v) is 5.23. The molecule has 0 aliphatic carbocycles. The molecular weight excluding hydrogens is 271 g/mol. The molecule has 0 aliphatic heterocycles. The van der Waals surface area contributed by atoms with Crippen LogP contribution >= 0.6 is 22.2 Å². The maximum atomic E-state index is 8.63. The van der Waals surface area contributed by atoms with Crippen LogP contribution < -0.4 is 0 Å². The van der Waals surface area contributed by atoms with Crippen LogP contribution in [0.3, 0.4) is 0 Å². The fourth-order valence-electron chi connectivity index (χ4n) is 2.00. The molecular formula is C13H28Cl2OSi. The molecule has 0 radical (unpaired) electrons. The Morgan fingerprint density at radius 2 is 0.941 bits per heavy atom. The minimum absolute atomic E-state index is 0.355. The summed E-state index contributed by atoms with van der Waals surface area (Å²) in [4.78, 5) is 0. The van der Waals surface area contributed by atoms with Gasteiger partial charge in [-0.1, -0.05) is 64.2 Å². The zero-order valence-electron chi connectivity index (χ0n) is 11.0.